The second-order valence-electron chi connectivity index (χ2n) is 21.0. The quantitative estimate of drug-likeness (QED) is 0.108. The van der Waals surface area contributed by atoms with Crippen molar-refractivity contribution >= 4 is 11.9 Å². The molecule has 0 unspecified atom stereocenters. The van der Waals surface area contributed by atoms with Gasteiger partial charge in [0.1, 0.15) is 42.7 Å². The van der Waals surface area contributed by atoms with Crippen molar-refractivity contribution in [2.75, 3.05) is 19.8 Å². The van der Waals surface area contributed by atoms with Gasteiger partial charge in [-0.15, -0.1) is 0 Å². The van der Waals surface area contributed by atoms with Crippen molar-refractivity contribution in [1.29, 1.82) is 0 Å². The first-order valence-corrected chi connectivity index (χ1v) is 22.9. The molecule has 4 heterocycles. The zero-order valence-electron chi connectivity index (χ0n) is 36.6. The molecule has 8 aliphatic rings. The summed E-state index contributed by atoms with van der Waals surface area (Å²) in [5.74, 6) is -0.514. The maximum absolute atomic E-state index is 12.4. The third-order valence-electron chi connectivity index (χ3n) is 17.0. The molecular weight excluding hydrogens is 812 g/mol. The van der Waals surface area contributed by atoms with Crippen LogP contribution >= 0.6 is 0 Å². The molecule has 0 radical (unpaired) electrons. The normalized spacial score (nSPS) is 51.0. The molecule has 4 aliphatic heterocycles. The Balaban J connectivity index is 0.886. The number of aliphatic hydroxyl groups excluding tert-OH is 6. The predicted molar refractivity (Wildman–Crippen MR) is 214 cm³/mol. The molecule has 7 fully saturated rings. The Morgan fingerprint density at radius 2 is 1.65 bits per heavy atom. The van der Waals surface area contributed by atoms with Crippen LogP contribution in [0.5, 0.6) is 0 Å². The molecule has 1 spiro atoms. The first-order chi connectivity index (χ1) is 29.2. The summed E-state index contributed by atoms with van der Waals surface area (Å²) in [6.07, 6.45) is -4.66. The van der Waals surface area contributed by atoms with Gasteiger partial charge in [-0.2, -0.15) is 0 Å². The van der Waals surface area contributed by atoms with E-state index in [1.165, 1.54) is 19.4 Å². The van der Waals surface area contributed by atoms with Crippen LogP contribution in [0.15, 0.2) is 11.6 Å². The van der Waals surface area contributed by atoms with Crippen LogP contribution in [0.25, 0.3) is 0 Å². The number of allylic oxidation sites excluding steroid dienone is 1. The molecule has 17 heteroatoms. The van der Waals surface area contributed by atoms with Crippen molar-refractivity contribution in [1.82, 2.24) is 0 Å². The maximum Gasteiger partial charge on any atom is 0.308 e. The maximum atomic E-state index is 12.4. The molecule has 0 aromatic rings. The number of hydrogen-bond acceptors (Lipinski definition) is 16. The molecular formula is C45H70O17. The van der Waals surface area contributed by atoms with Crippen molar-refractivity contribution in [2.45, 2.75) is 190 Å². The number of aliphatic hydroxyl groups is 7. The summed E-state index contributed by atoms with van der Waals surface area (Å²) in [5, 5.41) is 82.4. The van der Waals surface area contributed by atoms with Gasteiger partial charge in [0.05, 0.1) is 56.6 Å². The third kappa shape index (κ3) is 8.32. The van der Waals surface area contributed by atoms with Gasteiger partial charge in [-0.3, -0.25) is 9.59 Å². The fourth-order valence-corrected chi connectivity index (χ4v) is 13.6. The predicted octanol–water partition coefficient (Wildman–Crippen LogP) is 1.53. The Hall–Kier alpha value is -1.84. The minimum Gasteiger partial charge on any atom is -0.481 e. The van der Waals surface area contributed by atoms with Crippen LogP contribution in [0.1, 0.15) is 105 Å². The minimum atomic E-state index is -1.68. The van der Waals surface area contributed by atoms with Crippen LogP contribution < -0.4 is 0 Å². The van der Waals surface area contributed by atoms with Gasteiger partial charge in [-0.25, -0.2) is 0 Å². The Kier molecular flexibility index (Phi) is 13.1. The number of carbonyl (C=O) groups excluding carboxylic acids is 1. The highest BCUT2D eigenvalue weighted by molar-refractivity contribution is 5.73. The number of carboxylic acid groups (broad SMARTS) is 1. The number of aliphatic carboxylic acids is 1. The minimum absolute atomic E-state index is 0.0182. The number of carbonyl (C=O) groups is 2. The van der Waals surface area contributed by atoms with E-state index in [4.69, 9.17) is 38.3 Å². The van der Waals surface area contributed by atoms with E-state index in [1.54, 1.807) is 0 Å². The molecule has 0 amide bonds. The summed E-state index contributed by atoms with van der Waals surface area (Å²) in [5.41, 5.74) is -0.286. The lowest BCUT2D eigenvalue weighted by atomic mass is 9.47. The Bertz CT molecular complexity index is 1670. The summed E-state index contributed by atoms with van der Waals surface area (Å²) in [4.78, 5) is 23.4. The second kappa shape index (κ2) is 17.4. The molecule has 0 aromatic carbocycles. The molecule has 0 bridgehead atoms. The van der Waals surface area contributed by atoms with E-state index < -0.39 is 104 Å². The van der Waals surface area contributed by atoms with Crippen LogP contribution in [0.2, 0.25) is 0 Å². The van der Waals surface area contributed by atoms with Gasteiger partial charge < -0.3 is 74.0 Å². The summed E-state index contributed by atoms with van der Waals surface area (Å²) >= 11 is 0. The standard InChI is InChI=1S/C45H70O17/c1-21-33-29(62-45(21)13-8-23(20-57-45)19-56-32(49)17-42(3,55)16-31(47)48)15-28-26-7-6-24-14-25(9-11-43(24,4)27(26)10-12-44(28,33)5)59-41-39(37(53)35(51)30(18-46)60-41)61-40-38(54)36(52)34(50)22(2)58-40/h6,21-23,25-30,33-41,46,50-55H,7-20H2,1-5H3,(H,47,48)/t21-,22-,23+,25-,26+,27-,28+,29-,30+,33-,34-,35+,36+,37-,38+,39+,40-,41+,42-,43-,44-,45+/m0/s1. The van der Waals surface area contributed by atoms with E-state index in [0.717, 1.165) is 38.5 Å². The molecule has 8 rings (SSSR count). The number of hydrogen-bond donors (Lipinski definition) is 8. The molecule has 17 nitrogen and oxygen atoms in total. The van der Waals surface area contributed by atoms with E-state index >= 15 is 0 Å². The van der Waals surface area contributed by atoms with Crippen LogP contribution in [-0.4, -0.2) is 158 Å². The second-order valence-corrected chi connectivity index (χ2v) is 21.0. The lowest BCUT2D eigenvalue weighted by Gasteiger charge is -2.58. The van der Waals surface area contributed by atoms with Crippen LogP contribution in [-0.2, 0) is 42.7 Å². The molecule has 4 saturated heterocycles. The average Bonchev–Trinajstić information content (AvgIpc) is 3.66. The van der Waals surface area contributed by atoms with Gasteiger partial charge in [0.25, 0.3) is 0 Å². The highest BCUT2D eigenvalue weighted by atomic mass is 16.8. The largest absolute Gasteiger partial charge is 0.481 e. The number of rotatable bonds is 11. The van der Waals surface area contributed by atoms with Crippen molar-refractivity contribution in [3.8, 4) is 0 Å². The van der Waals surface area contributed by atoms with Crippen LogP contribution in [0, 0.1) is 46.3 Å². The van der Waals surface area contributed by atoms with Gasteiger partial charge in [0, 0.05) is 18.3 Å². The van der Waals surface area contributed by atoms with E-state index in [0.29, 0.717) is 49.5 Å². The van der Waals surface area contributed by atoms with Gasteiger partial charge in [-0.1, -0.05) is 32.4 Å². The van der Waals surface area contributed by atoms with Crippen LogP contribution in [0.3, 0.4) is 0 Å². The van der Waals surface area contributed by atoms with Gasteiger partial charge in [-0.05, 0) is 99.7 Å². The van der Waals surface area contributed by atoms with Gasteiger partial charge in [0.15, 0.2) is 18.4 Å². The number of ether oxygens (including phenoxy) is 7. The number of esters is 1. The van der Waals surface area contributed by atoms with Crippen molar-refractivity contribution < 1.29 is 83.6 Å². The summed E-state index contributed by atoms with van der Waals surface area (Å²) in [6.45, 7) is 9.95. The SMILES string of the molecule is C[C@@H]1O[C@@H](O[C@H]2[C@H](O[C@H]3CC[C@@]4(C)C(=CC[C@H]5[C@H]6C[C@@H]7O[C@]8(CC[C@H](COC(=O)C[C@@](C)(O)CC(=O)O)CO8)[C@@H](C)[C@@H]7[C@@]6(C)CC[C@@H]54)C3)O[C@H](CO)[C@@H](O)[C@@H]2O)[C@H](O)[C@H](O)[C@H]1O. The average molecular weight is 883 g/mol. The lowest BCUT2D eigenvalue weighted by molar-refractivity contribution is -0.369. The summed E-state index contributed by atoms with van der Waals surface area (Å²) in [7, 11) is 0. The zero-order chi connectivity index (χ0) is 44.7. The van der Waals surface area contributed by atoms with Crippen molar-refractivity contribution in [2.24, 2.45) is 46.3 Å². The van der Waals surface area contributed by atoms with Crippen LogP contribution in [0.4, 0.5) is 0 Å². The number of fused-ring (bicyclic) bond motifs is 7. The lowest BCUT2D eigenvalue weighted by Crippen LogP contribution is -2.64. The molecule has 8 N–H and O–H groups in total. The third-order valence-corrected chi connectivity index (χ3v) is 17.0. The Morgan fingerprint density at radius 3 is 2.34 bits per heavy atom. The molecule has 4 aliphatic carbocycles. The molecule has 3 saturated carbocycles. The van der Waals surface area contributed by atoms with E-state index in [2.05, 4.69) is 26.8 Å². The highest BCUT2D eigenvalue weighted by Gasteiger charge is 2.69. The van der Waals surface area contributed by atoms with Gasteiger partial charge in [0.2, 0.25) is 0 Å². The van der Waals surface area contributed by atoms with E-state index in [9.17, 15) is 45.3 Å². The van der Waals surface area contributed by atoms with Crippen molar-refractivity contribution in [3.05, 3.63) is 11.6 Å². The monoisotopic (exact) mass is 882 g/mol. The molecule has 62 heavy (non-hydrogen) atoms. The molecule has 0 aromatic heterocycles. The van der Waals surface area contributed by atoms with E-state index in [-0.39, 0.29) is 41.5 Å². The Labute approximate surface area is 363 Å². The summed E-state index contributed by atoms with van der Waals surface area (Å²) < 4.78 is 43.2. The summed E-state index contributed by atoms with van der Waals surface area (Å²) in [6, 6.07) is 0. The fourth-order valence-electron chi connectivity index (χ4n) is 13.6. The Morgan fingerprint density at radius 1 is 0.887 bits per heavy atom. The fraction of sp³-hybridized carbons (Fsp3) is 0.911. The highest BCUT2D eigenvalue weighted by Crippen LogP contribution is 2.70. The first-order valence-electron chi connectivity index (χ1n) is 22.9. The number of carboxylic acids is 1. The topological polar surface area (TPSA) is 261 Å². The molecule has 352 valence electrons. The van der Waals surface area contributed by atoms with Crippen molar-refractivity contribution in [3.63, 3.8) is 0 Å². The smallest absolute Gasteiger partial charge is 0.308 e. The zero-order valence-corrected chi connectivity index (χ0v) is 36.6. The van der Waals surface area contributed by atoms with E-state index in [1.807, 2.05) is 0 Å². The molecule has 22 atom stereocenters. The first kappa shape index (κ1) is 46.7. The van der Waals surface area contributed by atoms with Gasteiger partial charge >= 0.3 is 11.9 Å².